The maximum absolute atomic E-state index is 5.41. The van der Waals surface area contributed by atoms with E-state index in [9.17, 15) is 0 Å². The third-order valence-electron chi connectivity index (χ3n) is 3.47. The van der Waals surface area contributed by atoms with Gasteiger partial charge in [0, 0.05) is 32.7 Å². The Morgan fingerprint density at radius 2 is 2.12 bits per heavy atom. The van der Waals surface area contributed by atoms with Crippen molar-refractivity contribution in [2.24, 2.45) is 12.0 Å². The smallest absolute Gasteiger partial charge is 0.194 e. The number of aryl methyl sites for hydroxylation is 1. The molecule has 1 heterocycles. The summed E-state index contributed by atoms with van der Waals surface area (Å²) in [4.78, 5) is 10.9. The molecule has 24 heavy (non-hydrogen) atoms. The fraction of sp³-hybridized carbons (Fsp3) is 0.438. The normalized spacial score (nSPS) is 10.9. The standard InChI is InChI=1S/C16H24N6O.HI/c1-5-17-16(18-10-15-19-12-20-22(15)3)21(2)11-13-8-6-7-9-14(13)23-4;/h6-9,12H,5,10-11H2,1-4H3,(H,17,18);1H. The second-order valence-corrected chi connectivity index (χ2v) is 5.14. The van der Waals surface area contributed by atoms with Crippen molar-refractivity contribution in [3.8, 4) is 5.75 Å². The van der Waals surface area contributed by atoms with E-state index in [1.807, 2.05) is 32.3 Å². The first kappa shape index (κ1) is 20.2. The summed E-state index contributed by atoms with van der Waals surface area (Å²) < 4.78 is 7.14. The number of hydrogen-bond donors (Lipinski definition) is 1. The molecule has 0 amide bonds. The van der Waals surface area contributed by atoms with Gasteiger partial charge in [-0.1, -0.05) is 18.2 Å². The lowest BCUT2D eigenvalue weighted by molar-refractivity contribution is 0.396. The fourth-order valence-corrected chi connectivity index (χ4v) is 2.24. The highest BCUT2D eigenvalue weighted by Gasteiger charge is 2.10. The van der Waals surface area contributed by atoms with Crippen LogP contribution in [0.4, 0.5) is 0 Å². The van der Waals surface area contributed by atoms with Gasteiger partial charge in [-0.15, -0.1) is 24.0 Å². The van der Waals surface area contributed by atoms with Crippen molar-refractivity contribution in [2.75, 3.05) is 20.7 Å². The molecule has 0 saturated carbocycles. The molecule has 0 aliphatic heterocycles. The molecule has 2 rings (SSSR count). The summed E-state index contributed by atoms with van der Waals surface area (Å²) >= 11 is 0. The number of halogens is 1. The third kappa shape index (κ3) is 5.36. The predicted octanol–water partition coefficient (Wildman–Crippen LogP) is 2.04. The Labute approximate surface area is 160 Å². The molecule has 0 saturated heterocycles. The Balaban J connectivity index is 0.00000288. The molecule has 0 fully saturated rings. The lowest BCUT2D eigenvalue weighted by Crippen LogP contribution is -2.38. The number of benzene rings is 1. The average molecular weight is 444 g/mol. The monoisotopic (exact) mass is 444 g/mol. The first-order valence-electron chi connectivity index (χ1n) is 7.60. The minimum Gasteiger partial charge on any atom is -0.496 e. The van der Waals surface area contributed by atoms with E-state index in [0.29, 0.717) is 13.1 Å². The van der Waals surface area contributed by atoms with Crippen LogP contribution < -0.4 is 10.1 Å². The van der Waals surface area contributed by atoms with E-state index >= 15 is 0 Å². The third-order valence-corrected chi connectivity index (χ3v) is 3.47. The topological polar surface area (TPSA) is 67.6 Å². The van der Waals surface area contributed by atoms with Crippen molar-refractivity contribution >= 4 is 29.9 Å². The van der Waals surface area contributed by atoms with Gasteiger partial charge in [-0.2, -0.15) is 5.10 Å². The van der Waals surface area contributed by atoms with E-state index in [0.717, 1.165) is 29.6 Å². The van der Waals surface area contributed by atoms with Gasteiger partial charge in [0.1, 0.15) is 24.4 Å². The highest BCUT2D eigenvalue weighted by molar-refractivity contribution is 14.0. The van der Waals surface area contributed by atoms with Crippen molar-refractivity contribution in [3.05, 3.63) is 42.0 Å². The van der Waals surface area contributed by atoms with Crippen molar-refractivity contribution in [2.45, 2.75) is 20.0 Å². The van der Waals surface area contributed by atoms with Gasteiger partial charge in [-0.25, -0.2) is 9.98 Å². The molecule has 2 aromatic rings. The molecule has 0 bridgehead atoms. The first-order valence-corrected chi connectivity index (χ1v) is 7.60. The van der Waals surface area contributed by atoms with E-state index in [1.165, 1.54) is 6.33 Å². The molecule has 0 atom stereocenters. The molecule has 132 valence electrons. The van der Waals surface area contributed by atoms with Gasteiger partial charge in [0.25, 0.3) is 0 Å². The summed E-state index contributed by atoms with van der Waals surface area (Å²) in [5.74, 6) is 2.52. The van der Waals surface area contributed by atoms with Crippen molar-refractivity contribution in [1.29, 1.82) is 0 Å². The zero-order valence-electron chi connectivity index (χ0n) is 14.6. The van der Waals surface area contributed by atoms with Gasteiger partial charge >= 0.3 is 0 Å². The minimum atomic E-state index is 0. The van der Waals surface area contributed by atoms with Gasteiger partial charge in [-0.05, 0) is 13.0 Å². The largest absolute Gasteiger partial charge is 0.496 e. The predicted molar refractivity (Wildman–Crippen MR) is 106 cm³/mol. The molecular formula is C16H25IN6O. The SMILES string of the molecule is CCNC(=NCc1ncnn1C)N(C)Cc1ccccc1OC.I. The summed E-state index contributed by atoms with van der Waals surface area (Å²) in [5, 5.41) is 7.36. The van der Waals surface area contributed by atoms with Crippen LogP contribution in [-0.4, -0.2) is 46.3 Å². The Bertz CT molecular complexity index is 658. The summed E-state index contributed by atoms with van der Waals surface area (Å²) in [7, 11) is 5.56. The van der Waals surface area contributed by atoms with Crippen LogP contribution in [0.15, 0.2) is 35.6 Å². The molecule has 0 spiro atoms. The fourth-order valence-electron chi connectivity index (χ4n) is 2.24. The lowest BCUT2D eigenvalue weighted by atomic mass is 10.2. The molecule has 8 heteroatoms. The number of methoxy groups -OCH3 is 1. The quantitative estimate of drug-likeness (QED) is 0.420. The maximum atomic E-state index is 5.41. The first-order chi connectivity index (χ1) is 11.2. The number of hydrogen-bond acceptors (Lipinski definition) is 4. The zero-order chi connectivity index (χ0) is 16.7. The van der Waals surface area contributed by atoms with Gasteiger partial charge in [-0.3, -0.25) is 4.68 Å². The number of guanidine groups is 1. The maximum Gasteiger partial charge on any atom is 0.194 e. The van der Waals surface area contributed by atoms with Crippen molar-refractivity contribution < 1.29 is 4.74 Å². The van der Waals surface area contributed by atoms with E-state index in [-0.39, 0.29) is 24.0 Å². The van der Waals surface area contributed by atoms with Crippen LogP contribution in [0.1, 0.15) is 18.3 Å². The van der Waals surface area contributed by atoms with E-state index in [2.05, 4.69) is 38.3 Å². The number of aromatic nitrogens is 3. The van der Waals surface area contributed by atoms with Gasteiger partial charge in [0.15, 0.2) is 5.96 Å². The van der Waals surface area contributed by atoms with Crippen molar-refractivity contribution in [1.82, 2.24) is 25.0 Å². The summed E-state index contributed by atoms with van der Waals surface area (Å²) in [5.41, 5.74) is 1.11. The second kappa shape index (κ2) is 10.1. The summed E-state index contributed by atoms with van der Waals surface area (Å²) in [6, 6.07) is 8.00. The number of nitrogens with one attached hydrogen (secondary N) is 1. The molecular weight excluding hydrogens is 419 g/mol. The van der Waals surface area contributed by atoms with Crippen LogP contribution in [0, 0.1) is 0 Å². The number of rotatable bonds is 6. The molecule has 1 N–H and O–H groups in total. The highest BCUT2D eigenvalue weighted by atomic mass is 127. The van der Waals surface area contributed by atoms with Gasteiger partial charge in [0.05, 0.1) is 7.11 Å². The van der Waals surface area contributed by atoms with Crippen LogP contribution in [0.3, 0.4) is 0 Å². The summed E-state index contributed by atoms with van der Waals surface area (Å²) in [6.45, 7) is 4.03. The van der Waals surface area contributed by atoms with Crippen LogP contribution in [0.2, 0.25) is 0 Å². The molecule has 1 aromatic heterocycles. The van der Waals surface area contributed by atoms with Crippen molar-refractivity contribution in [3.63, 3.8) is 0 Å². The van der Waals surface area contributed by atoms with Gasteiger partial charge in [0.2, 0.25) is 0 Å². The Morgan fingerprint density at radius 1 is 1.38 bits per heavy atom. The van der Waals surface area contributed by atoms with Gasteiger partial charge < -0.3 is 15.0 Å². The summed E-state index contributed by atoms with van der Waals surface area (Å²) in [6.07, 6.45) is 1.54. The highest BCUT2D eigenvalue weighted by Crippen LogP contribution is 2.18. The molecule has 0 unspecified atom stereocenters. The van der Waals surface area contributed by atoms with Crippen LogP contribution in [0.5, 0.6) is 5.75 Å². The Hall–Kier alpha value is -1.84. The Kier molecular flexibility index (Phi) is 8.51. The van der Waals surface area contributed by atoms with Crippen LogP contribution in [0.25, 0.3) is 0 Å². The van der Waals surface area contributed by atoms with E-state index in [4.69, 9.17) is 4.74 Å². The minimum absolute atomic E-state index is 0. The van der Waals surface area contributed by atoms with Crippen LogP contribution in [-0.2, 0) is 20.1 Å². The number of ether oxygens (including phenoxy) is 1. The Morgan fingerprint density at radius 3 is 2.75 bits per heavy atom. The zero-order valence-corrected chi connectivity index (χ0v) is 16.9. The molecule has 1 aromatic carbocycles. The second-order valence-electron chi connectivity index (χ2n) is 5.14. The molecule has 0 aliphatic rings. The number of nitrogens with zero attached hydrogens (tertiary/aromatic N) is 5. The van der Waals surface area contributed by atoms with E-state index in [1.54, 1.807) is 11.8 Å². The lowest BCUT2D eigenvalue weighted by Gasteiger charge is -2.23. The average Bonchev–Trinajstić information content (AvgIpc) is 2.97. The number of para-hydroxylation sites is 1. The van der Waals surface area contributed by atoms with Crippen LogP contribution >= 0.6 is 24.0 Å². The molecule has 0 aliphatic carbocycles. The molecule has 7 nitrogen and oxygen atoms in total. The molecule has 0 radical (unpaired) electrons. The van der Waals surface area contributed by atoms with E-state index < -0.39 is 0 Å². The number of aliphatic imine (C=N–C) groups is 1.